The van der Waals surface area contributed by atoms with Crippen LogP contribution in [0.15, 0.2) is 23.6 Å². The van der Waals surface area contributed by atoms with Gasteiger partial charge in [0.15, 0.2) is 0 Å². The Morgan fingerprint density at radius 3 is 2.43 bits per heavy atom. The number of ether oxygens (including phenoxy) is 1. The van der Waals surface area contributed by atoms with Crippen molar-refractivity contribution in [2.24, 2.45) is 5.92 Å². The van der Waals surface area contributed by atoms with Gasteiger partial charge in [-0.05, 0) is 32.8 Å². The molecule has 0 saturated heterocycles. The lowest BCUT2D eigenvalue weighted by atomic mass is 9.99. The van der Waals surface area contributed by atoms with Crippen LogP contribution in [-0.2, 0) is 4.74 Å². The minimum absolute atomic E-state index is 0.244. The maximum absolute atomic E-state index is 5.79. The zero-order chi connectivity index (χ0) is 10.7. The monoisotopic (exact) mass is 195 g/mol. The number of hydrogen-bond acceptors (Lipinski definition) is 2. The number of dihydropyridines is 1. The minimum Gasteiger partial charge on any atom is -0.491 e. The predicted molar refractivity (Wildman–Crippen MR) is 59.8 cm³/mol. The van der Waals surface area contributed by atoms with Crippen LogP contribution in [0.25, 0.3) is 0 Å². The largest absolute Gasteiger partial charge is 0.491 e. The van der Waals surface area contributed by atoms with E-state index in [1.54, 1.807) is 0 Å². The standard InChI is InChI=1S/C12H21NO/c1-8(2)11-7-13-10(5)6-12(11)14-9(3)4/h6-10,13H,1-5H3. The molecule has 0 fully saturated rings. The molecular weight excluding hydrogens is 174 g/mol. The highest BCUT2D eigenvalue weighted by molar-refractivity contribution is 5.31. The van der Waals surface area contributed by atoms with Crippen molar-refractivity contribution in [1.82, 2.24) is 5.32 Å². The second kappa shape index (κ2) is 4.54. The zero-order valence-electron chi connectivity index (χ0n) is 9.79. The molecule has 2 nitrogen and oxygen atoms in total. The fraction of sp³-hybridized carbons (Fsp3) is 0.667. The van der Waals surface area contributed by atoms with Crippen molar-refractivity contribution in [3.8, 4) is 0 Å². The first-order valence-corrected chi connectivity index (χ1v) is 5.35. The molecule has 0 aliphatic carbocycles. The van der Waals surface area contributed by atoms with E-state index in [-0.39, 0.29) is 6.10 Å². The molecule has 0 aromatic rings. The first kappa shape index (κ1) is 11.2. The van der Waals surface area contributed by atoms with E-state index in [9.17, 15) is 0 Å². The molecule has 0 saturated carbocycles. The Balaban J connectivity index is 2.79. The molecule has 1 rings (SSSR count). The number of rotatable bonds is 3. The van der Waals surface area contributed by atoms with E-state index in [0.717, 1.165) is 5.76 Å². The molecule has 1 heterocycles. The van der Waals surface area contributed by atoms with E-state index in [1.807, 2.05) is 0 Å². The summed E-state index contributed by atoms with van der Waals surface area (Å²) in [4.78, 5) is 0. The second-order valence-corrected chi connectivity index (χ2v) is 4.41. The third kappa shape index (κ3) is 2.79. The fourth-order valence-electron chi connectivity index (χ4n) is 1.48. The van der Waals surface area contributed by atoms with Gasteiger partial charge in [-0.1, -0.05) is 13.8 Å². The van der Waals surface area contributed by atoms with Crippen LogP contribution >= 0.6 is 0 Å². The van der Waals surface area contributed by atoms with E-state index in [1.165, 1.54) is 5.57 Å². The maximum Gasteiger partial charge on any atom is 0.122 e. The van der Waals surface area contributed by atoms with E-state index < -0.39 is 0 Å². The van der Waals surface area contributed by atoms with Gasteiger partial charge >= 0.3 is 0 Å². The summed E-state index contributed by atoms with van der Waals surface area (Å²) >= 11 is 0. The molecule has 1 aliphatic rings. The molecule has 1 aliphatic heterocycles. The lowest BCUT2D eigenvalue weighted by Gasteiger charge is -2.25. The molecule has 0 aromatic heterocycles. The van der Waals surface area contributed by atoms with Gasteiger partial charge in [0.05, 0.1) is 6.10 Å². The topological polar surface area (TPSA) is 21.3 Å². The van der Waals surface area contributed by atoms with Gasteiger partial charge in [0.25, 0.3) is 0 Å². The summed E-state index contributed by atoms with van der Waals surface area (Å²) in [6, 6.07) is 0.367. The lowest BCUT2D eigenvalue weighted by molar-refractivity contribution is 0.148. The van der Waals surface area contributed by atoms with E-state index in [2.05, 4.69) is 52.2 Å². The summed E-state index contributed by atoms with van der Waals surface area (Å²) in [7, 11) is 0. The highest BCUT2D eigenvalue weighted by atomic mass is 16.5. The minimum atomic E-state index is 0.244. The first-order chi connectivity index (χ1) is 6.50. The second-order valence-electron chi connectivity index (χ2n) is 4.41. The van der Waals surface area contributed by atoms with Crippen molar-refractivity contribution in [2.75, 3.05) is 0 Å². The number of allylic oxidation sites excluding steroid dienone is 1. The SMILES string of the molecule is CC1C=C(OC(C)C)C(C(C)C)=CN1. The highest BCUT2D eigenvalue weighted by Gasteiger charge is 2.17. The zero-order valence-corrected chi connectivity index (χ0v) is 9.79. The molecule has 2 heteroatoms. The summed E-state index contributed by atoms with van der Waals surface area (Å²) in [6.45, 7) is 10.6. The maximum atomic E-state index is 5.79. The third-order valence-electron chi connectivity index (χ3n) is 2.17. The first-order valence-electron chi connectivity index (χ1n) is 5.35. The molecule has 0 aromatic carbocycles. The average molecular weight is 195 g/mol. The van der Waals surface area contributed by atoms with Gasteiger partial charge in [0.1, 0.15) is 5.76 Å². The molecule has 0 bridgehead atoms. The molecule has 1 N–H and O–H groups in total. The Bertz CT molecular complexity index is 251. The lowest BCUT2D eigenvalue weighted by Crippen LogP contribution is -2.26. The van der Waals surface area contributed by atoms with Crippen LogP contribution in [0.1, 0.15) is 34.6 Å². The van der Waals surface area contributed by atoms with Crippen LogP contribution in [0, 0.1) is 5.92 Å². The Morgan fingerprint density at radius 1 is 1.29 bits per heavy atom. The van der Waals surface area contributed by atoms with Crippen LogP contribution in [0.2, 0.25) is 0 Å². The van der Waals surface area contributed by atoms with Gasteiger partial charge in [0.2, 0.25) is 0 Å². The van der Waals surface area contributed by atoms with Crippen LogP contribution in [0.4, 0.5) is 0 Å². The van der Waals surface area contributed by atoms with Crippen LogP contribution < -0.4 is 5.32 Å². The molecule has 14 heavy (non-hydrogen) atoms. The van der Waals surface area contributed by atoms with Crippen molar-refractivity contribution >= 4 is 0 Å². The van der Waals surface area contributed by atoms with Gasteiger partial charge in [-0.2, -0.15) is 0 Å². The van der Waals surface area contributed by atoms with Gasteiger partial charge < -0.3 is 10.1 Å². The fourth-order valence-corrected chi connectivity index (χ4v) is 1.48. The van der Waals surface area contributed by atoms with Crippen LogP contribution in [-0.4, -0.2) is 12.1 Å². The van der Waals surface area contributed by atoms with Gasteiger partial charge in [-0.3, -0.25) is 0 Å². The quantitative estimate of drug-likeness (QED) is 0.747. The summed E-state index contributed by atoms with van der Waals surface area (Å²) in [5, 5.41) is 3.30. The summed E-state index contributed by atoms with van der Waals surface area (Å²) in [5.41, 5.74) is 1.26. The third-order valence-corrected chi connectivity index (χ3v) is 2.17. The Morgan fingerprint density at radius 2 is 1.93 bits per heavy atom. The summed E-state index contributed by atoms with van der Waals surface area (Å²) in [6.07, 6.45) is 4.47. The molecule has 0 spiro atoms. The van der Waals surface area contributed by atoms with Gasteiger partial charge in [-0.15, -0.1) is 0 Å². The van der Waals surface area contributed by atoms with Crippen LogP contribution in [0.3, 0.4) is 0 Å². The summed E-state index contributed by atoms with van der Waals surface area (Å²) in [5.74, 6) is 1.54. The molecule has 0 radical (unpaired) electrons. The average Bonchev–Trinajstić information content (AvgIpc) is 2.01. The molecule has 80 valence electrons. The van der Waals surface area contributed by atoms with E-state index in [0.29, 0.717) is 12.0 Å². The highest BCUT2D eigenvalue weighted by Crippen LogP contribution is 2.24. The van der Waals surface area contributed by atoms with E-state index in [4.69, 9.17) is 4.74 Å². The van der Waals surface area contributed by atoms with Crippen LogP contribution in [0.5, 0.6) is 0 Å². The Hall–Kier alpha value is -0.920. The number of nitrogens with one attached hydrogen (secondary N) is 1. The summed E-state index contributed by atoms with van der Waals surface area (Å²) < 4.78 is 5.79. The van der Waals surface area contributed by atoms with Gasteiger partial charge in [-0.25, -0.2) is 0 Å². The molecule has 1 atom stereocenters. The Labute approximate surface area is 87.0 Å². The molecular formula is C12H21NO. The van der Waals surface area contributed by atoms with Crippen molar-refractivity contribution < 1.29 is 4.74 Å². The smallest absolute Gasteiger partial charge is 0.122 e. The molecule has 1 unspecified atom stereocenters. The van der Waals surface area contributed by atoms with Crippen molar-refractivity contribution in [2.45, 2.75) is 46.8 Å². The Kier molecular flexibility index (Phi) is 3.62. The van der Waals surface area contributed by atoms with Gasteiger partial charge in [0, 0.05) is 17.8 Å². The van der Waals surface area contributed by atoms with Crippen molar-refractivity contribution in [3.05, 3.63) is 23.6 Å². The number of hydrogen-bond donors (Lipinski definition) is 1. The van der Waals surface area contributed by atoms with E-state index >= 15 is 0 Å². The normalized spacial score (nSPS) is 21.8. The predicted octanol–water partition coefficient (Wildman–Crippen LogP) is 2.83. The molecule has 0 amide bonds. The van der Waals surface area contributed by atoms with Crippen molar-refractivity contribution in [3.63, 3.8) is 0 Å². The van der Waals surface area contributed by atoms with Crippen molar-refractivity contribution in [1.29, 1.82) is 0 Å².